The Kier molecular flexibility index (Phi) is 6.83. The van der Waals surface area contributed by atoms with Crippen molar-refractivity contribution in [3.63, 3.8) is 0 Å². The zero-order chi connectivity index (χ0) is 24.9. The lowest BCUT2D eigenvalue weighted by atomic mass is 10.2. The molecule has 0 saturated carbocycles. The minimum Gasteiger partial charge on any atom is -0.497 e. The summed E-state index contributed by atoms with van der Waals surface area (Å²) in [6.45, 7) is 0.445. The first-order valence-electron chi connectivity index (χ1n) is 11.1. The predicted molar refractivity (Wildman–Crippen MR) is 138 cm³/mol. The Hall–Kier alpha value is -4.35. The summed E-state index contributed by atoms with van der Waals surface area (Å²) in [5, 5.41) is 22.9. The summed E-state index contributed by atoms with van der Waals surface area (Å²) in [6, 6.07) is 24.4. The molecule has 2 N–H and O–H groups in total. The average molecular weight is 502 g/mol. The number of amidine groups is 1. The highest BCUT2D eigenvalue weighted by Gasteiger charge is 2.26. The second-order valence-electron chi connectivity index (χ2n) is 7.92. The van der Waals surface area contributed by atoms with Gasteiger partial charge in [-0.1, -0.05) is 42.5 Å². The zero-order valence-electron chi connectivity index (χ0n) is 19.4. The van der Waals surface area contributed by atoms with Gasteiger partial charge in [0, 0.05) is 17.9 Å². The van der Waals surface area contributed by atoms with E-state index in [0.29, 0.717) is 12.4 Å². The fourth-order valence-corrected chi connectivity index (χ4v) is 4.81. The molecule has 1 aliphatic heterocycles. The summed E-state index contributed by atoms with van der Waals surface area (Å²) in [6.07, 6.45) is 1.80. The van der Waals surface area contributed by atoms with E-state index in [1.165, 1.54) is 17.7 Å². The Balaban J connectivity index is 1.45. The van der Waals surface area contributed by atoms with Gasteiger partial charge in [0.25, 0.3) is 5.69 Å². The molecule has 11 heteroatoms. The lowest BCUT2D eigenvalue weighted by Crippen LogP contribution is -2.40. The van der Waals surface area contributed by atoms with Gasteiger partial charge in [0.1, 0.15) is 10.8 Å². The molecule has 2 heterocycles. The van der Waals surface area contributed by atoms with Crippen LogP contribution in [-0.4, -0.2) is 32.7 Å². The van der Waals surface area contributed by atoms with E-state index in [1.807, 2.05) is 52.2 Å². The van der Waals surface area contributed by atoms with Crippen molar-refractivity contribution in [2.75, 3.05) is 7.11 Å². The number of hydrazine groups is 2. The predicted octanol–water partition coefficient (Wildman–Crippen LogP) is 4.27. The highest BCUT2D eigenvalue weighted by molar-refractivity contribution is 7.98. The summed E-state index contributed by atoms with van der Waals surface area (Å²) in [5.74, 6) is 2.20. The number of benzene rings is 3. The van der Waals surface area contributed by atoms with Crippen LogP contribution in [0.5, 0.6) is 5.75 Å². The number of aromatic nitrogens is 2. The molecule has 182 valence electrons. The molecule has 0 spiro atoms. The molecule has 0 bridgehead atoms. The third-order valence-corrected chi connectivity index (χ3v) is 6.74. The topological polar surface area (TPSA) is 110 Å². The van der Waals surface area contributed by atoms with Crippen molar-refractivity contribution >= 4 is 23.3 Å². The van der Waals surface area contributed by atoms with Crippen molar-refractivity contribution in [1.29, 1.82) is 0 Å². The standard InChI is InChI=1S/C25H23N7O3S/c1-35-22-13-11-20(12-14-22)31-25(36-17-19-5-3-2-4-6-19)23(15-26-31)24-27-28-29-30(24)16-18-7-9-21(10-8-18)32(33)34/h2-15,28-29H,16-17H2,1H3. The number of hydrazone groups is 1. The molecule has 5 rings (SSSR count). The number of nitrogens with one attached hydrogen (secondary N) is 2. The molecule has 0 aliphatic carbocycles. The summed E-state index contributed by atoms with van der Waals surface area (Å²) < 4.78 is 7.20. The Morgan fingerprint density at radius 2 is 1.75 bits per heavy atom. The molecule has 0 saturated heterocycles. The van der Waals surface area contributed by atoms with Crippen molar-refractivity contribution in [2.45, 2.75) is 17.3 Å². The molecular formula is C25H23N7O3S. The van der Waals surface area contributed by atoms with Crippen LogP contribution in [0.25, 0.3) is 5.69 Å². The number of hydrogen-bond acceptors (Lipinski definition) is 9. The zero-order valence-corrected chi connectivity index (χ0v) is 20.2. The highest BCUT2D eigenvalue weighted by atomic mass is 32.2. The molecular weight excluding hydrogens is 478 g/mol. The normalized spacial score (nSPS) is 12.8. The number of hydrogen-bond donors (Lipinski definition) is 2. The number of thioether (sulfide) groups is 1. The lowest BCUT2D eigenvalue weighted by Gasteiger charge is -2.19. The molecule has 0 atom stereocenters. The van der Waals surface area contributed by atoms with Crippen LogP contribution in [0.4, 0.5) is 5.69 Å². The van der Waals surface area contributed by atoms with Crippen LogP contribution < -0.4 is 15.8 Å². The largest absolute Gasteiger partial charge is 0.497 e. The van der Waals surface area contributed by atoms with Crippen LogP contribution in [0.3, 0.4) is 0 Å². The van der Waals surface area contributed by atoms with Gasteiger partial charge in [-0.25, -0.2) is 10.2 Å². The van der Waals surface area contributed by atoms with Gasteiger partial charge in [0.2, 0.25) is 0 Å². The molecule has 10 nitrogen and oxygen atoms in total. The number of nitrogens with zero attached hydrogens (tertiary/aromatic N) is 5. The second-order valence-corrected chi connectivity index (χ2v) is 8.88. The fraction of sp³-hybridized carbons (Fsp3) is 0.120. The number of nitro groups is 1. The molecule has 0 radical (unpaired) electrons. The van der Waals surface area contributed by atoms with Crippen LogP contribution in [0, 0.1) is 10.1 Å². The van der Waals surface area contributed by atoms with E-state index >= 15 is 0 Å². The molecule has 0 fully saturated rings. The monoisotopic (exact) mass is 501 g/mol. The minimum absolute atomic E-state index is 0.0560. The van der Waals surface area contributed by atoms with Crippen molar-refractivity contribution in [3.8, 4) is 11.4 Å². The fourth-order valence-electron chi connectivity index (χ4n) is 3.74. The van der Waals surface area contributed by atoms with Gasteiger partial charge in [0.05, 0.1) is 36.0 Å². The van der Waals surface area contributed by atoms with E-state index in [1.54, 1.807) is 37.2 Å². The Labute approximate surface area is 211 Å². The van der Waals surface area contributed by atoms with E-state index in [9.17, 15) is 10.1 Å². The quantitative estimate of drug-likeness (QED) is 0.199. The molecule has 4 aromatic rings. The third-order valence-electron chi connectivity index (χ3n) is 5.59. The van der Waals surface area contributed by atoms with E-state index in [0.717, 1.165) is 33.3 Å². The smallest absolute Gasteiger partial charge is 0.269 e. The van der Waals surface area contributed by atoms with Gasteiger partial charge in [-0.15, -0.1) is 22.4 Å². The highest BCUT2D eigenvalue weighted by Crippen LogP contribution is 2.31. The Morgan fingerprint density at radius 1 is 1.00 bits per heavy atom. The molecule has 3 aromatic carbocycles. The molecule has 36 heavy (non-hydrogen) atoms. The molecule has 0 unspecified atom stereocenters. The van der Waals surface area contributed by atoms with Crippen LogP contribution in [-0.2, 0) is 12.3 Å². The maximum atomic E-state index is 11.0. The molecule has 1 aromatic heterocycles. The average Bonchev–Trinajstić information content (AvgIpc) is 3.55. The van der Waals surface area contributed by atoms with E-state index in [4.69, 9.17) is 4.74 Å². The lowest BCUT2D eigenvalue weighted by molar-refractivity contribution is -0.384. The third kappa shape index (κ3) is 5.02. The first kappa shape index (κ1) is 23.4. The van der Waals surface area contributed by atoms with E-state index < -0.39 is 4.92 Å². The first-order chi connectivity index (χ1) is 17.6. The van der Waals surface area contributed by atoms with Gasteiger partial charge in [-0.2, -0.15) is 5.10 Å². The van der Waals surface area contributed by atoms with Gasteiger partial charge in [-0.3, -0.25) is 15.1 Å². The van der Waals surface area contributed by atoms with Gasteiger partial charge >= 0.3 is 0 Å². The maximum Gasteiger partial charge on any atom is 0.269 e. The summed E-state index contributed by atoms with van der Waals surface area (Å²) in [4.78, 5) is 10.6. The number of nitro benzene ring substituents is 1. The van der Waals surface area contributed by atoms with Crippen molar-refractivity contribution in [3.05, 3.63) is 112 Å². The summed E-state index contributed by atoms with van der Waals surface area (Å²) in [5.41, 5.74) is 9.77. The number of ether oxygens (including phenoxy) is 1. The molecule has 0 amide bonds. The summed E-state index contributed by atoms with van der Waals surface area (Å²) >= 11 is 1.67. The maximum absolute atomic E-state index is 11.0. The van der Waals surface area contributed by atoms with Gasteiger partial charge < -0.3 is 4.74 Å². The van der Waals surface area contributed by atoms with E-state index in [2.05, 4.69) is 33.4 Å². The number of non-ortho nitro benzene ring substituents is 1. The van der Waals surface area contributed by atoms with Crippen LogP contribution in [0.1, 0.15) is 16.7 Å². The van der Waals surface area contributed by atoms with Crippen LogP contribution >= 0.6 is 11.8 Å². The van der Waals surface area contributed by atoms with E-state index in [-0.39, 0.29) is 5.69 Å². The van der Waals surface area contributed by atoms with Crippen molar-refractivity contribution < 1.29 is 9.66 Å². The van der Waals surface area contributed by atoms with Gasteiger partial charge in [-0.05, 0) is 35.4 Å². The molecule has 1 aliphatic rings. The SMILES string of the molecule is COc1ccc(-n2ncc(C3=NNNN3Cc3ccc([N+](=O)[O-])cc3)c2SCc2ccccc2)cc1. The summed E-state index contributed by atoms with van der Waals surface area (Å²) in [7, 11) is 1.64. The number of rotatable bonds is 9. The van der Waals surface area contributed by atoms with Crippen LogP contribution in [0.2, 0.25) is 0 Å². The Morgan fingerprint density at radius 3 is 2.44 bits per heavy atom. The van der Waals surface area contributed by atoms with Crippen molar-refractivity contribution in [1.82, 2.24) is 25.9 Å². The van der Waals surface area contributed by atoms with Crippen LogP contribution in [0.15, 0.2) is 95.2 Å². The Bertz CT molecular complexity index is 1370. The number of methoxy groups -OCH3 is 1. The van der Waals surface area contributed by atoms with Crippen molar-refractivity contribution in [2.24, 2.45) is 5.10 Å². The van der Waals surface area contributed by atoms with Gasteiger partial charge in [0.15, 0.2) is 5.84 Å². The first-order valence-corrected chi connectivity index (χ1v) is 12.1. The minimum atomic E-state index is -0.407. The second kappa shape index (κ2) is 10.5.